The van der Waals surface area contributed by atoms with E-state index in [9.17, 15) is 0 Å². The molecule has 1 N–H and O–H groups in total. The quantitative estimate of drug-likeness (QED) is 0.796. The summed E-state index contributed by atoms with van der Waals surface area (Å²) in [4.78, 5) is 11.0. The molecule has 7 nitrogen and oxygen atoms in total. The lowest BCUT2D eigenvalue weighted by Crippen LogP contribution is -2.41. The van der Waals surface area contributed by atoms with Crippen LogP contribution in [0.2, 0.25) is 0 Å². The van der Waals surface area contributed by atoms with E-state index in [4.69, 9.17) is 9.47 Å². The van der Waals surface area contributed by atoms with Gasteiger partial charge in [-0.3, -0.25) is 5.10 Å². The number of methoxy groups -OCH3 is 1. The van der Waals surface area contributed by atoms with Crippen LogP contribution in [-0.2, 0) is 4.74 Å². The van der Waals surface area contributed by atoms with Crippen molar-refractivity contribution in [3.05, 3.63) is 30.6 Å². The van der Waals surface area contributed by atoms with E-state index in [-0.39, 0.29) is 6.10 Å². The Morgan fingerprint density at radius 2 is 2.21 bits per heavy atom. The number of benzene rings is 1. The molecule has 0 bridgehead atoms. The Hall–Kier alpha value is -2.67. The van der Waals surface area contributed by atoms with Gasteiger partial charge in [-0.25, -0.2) is 9.97 Å². The number of fused-ring (bicyclic) bond motifs is 1. The predicted octanol–water partition coefficient (Wildman–Crippen LogP) is 2.25. The fourth-order valence-corrected chi connectivity index (χ4v) is 2.99. The normalized spacial score (nSPS) is 18.1. The van der Waals surface area contributed by atoms with E-state index in [1.54, 1.807) is 13.4 Å². The van der Waals surface area contributed by atoms with Crippen molar-refractivity contribution >= 4 is 16.7 Å². The average molecular weight is 325 g/mol. The molecule has 0 aliphatic carbocycles. The molecule has 0 spiro atoms. The summed E-state index contributed by atoms with van der Waals surface area (Å²) in [6, 6.07) is 7.81. The molecule has 1 aliphatic rings. The Bertz CT molecular complexity index is 863. The molecule has 0 amide bonds. The van der Waals surface area contributed by atoms with E-state index >= 15 is 0 Å². The maximum atomic E-state index is 5.60. The first kappa shape index (κ1) is 14.9. The number of aromatic nitrogens is 4. The number of hydrogen-bond donors (Lipinski definition) is 1. The van der Waals surface area contributed by atoms with E-state index in [2.05, 4.69) is 32.0 Å². The van der Waals surface area contributed by atoms with E-state index in [1.165, 1.54) is 0 Å². The van der Waals surface area contributed by atoms with Gasteiger partial charge in [0.25, 0.3) is 0 Å². The van der Waals surface area contributed by atoms with Crippen LogP contribution >= 0.6 is 0 Å². The van der Waals surface area contributed by atoms with Crippen LogP contribution in [0.1, 0.15) is 6.92 Å². The standard InChI is InChI=1S/C17H19N5O2/c1-11-9-22(5-6-24-11)16-8-15(18-10-19-16)17-13-7-12(23-2)3-4-14(13)20-21-17/h3-4,7-8,10-11H,5-6,9H2,1-2H3,(H,20,21)/t11-/m0/s1. The molecule has 124 valence electrons. The van der Waals surface area contributed by atoms with Crippen molar-refractivity contribution in [2.75, 3.05) is 31.7 Å². The number of nitrogens with one attached hydrogen (secondary N) is 1. The first-order valence-corrected chi connectivity index (χ1v) is 7.95. The number of rotatable bonds is 3. The summed E-state index contributed by atoms with van der Waals surface area (Å²) in [7, 11) is 1.66. The summed E-state index contributed by atoms with van der Waals surface area (Å²) in [6.45, 7) is 4.44. The molecule has 3 heterocycles. The van der Waals surface area contributed by atoms with Crippen LogP contribution in [-0.4, -0.2) is 53.1 Å². The molecule has 7 heteroatoms. The number of anilines is 1. The van der Waals surface area contributed by atoms with E-state index in [1.807, 2.05) is 24.3 Å². The largest absolute Gasteiger partial charge is 0.497 e. The molecule has 1 aliphatic heterocycles. The molecule has 1 fully saturated rings. The van der Waals surface area contributed by atoms with Gasteiger partial charge in [-0.1, -0.05) is 0 Å². The molecule has 1 saturated heterocycles. The van der Waals surface area contributed by atoms with E-state index in [0.29, 0.717) is 6.61 Å². The van der Waals surface area contributed by atoms with Crippen LogP contribution < -0.4 is 9.64 Å². The third-order valence-electron chi connectivity index (χ3n) is 4.23. The lowest BCUT2D eigenvalue weighted by atomic mass is 10.1. The Morgan fingerprint density at radius 3 is 3.04 bits per heavy atom. The third-order valence-corrected chi connectivity index (χ3v) is 4.23. The van der Waals surface area contributed by atoms with E-state index < -0.39 is 0 Å². The third kappa shape index (κ3) is 2.67. The topological polar surface area (TPSA) is 76.2 Å². The molecule has 0 unspecified atom stereocenters. The zero-order valence-corrected chi connectivity index (χ0v) is 13.7. The second kappa shape index (κ2) is 6.09. The van der Waals surface area contributed by atoms with E-state index in [0.717, 1.165) is 46.9 Å². The Kier molecular flexibility index (Phi) is 3.78. The second-order valence-corrected chi connectivity index (χ2v) is 5.87. The molecule has 4 rings (SSSR count). The monoisotopic (exact) mass is 325 g/mol. The zero-order valence-electron chi connectivity index (χ0n) is 13.7. The Labute approximate surface area is 139 Å². The van der Waals surface area contributed by atoms with Crippen LogP contribution in [0.25, 0.3) is 22.3 Å². The minimum Gasteiger partial charge on any atom is -0.497 e. The van der Waals surface area contributed by atoms with Gasteiger partial charge < -0.3 is 14.4 Å². The maximum absolute atomic E-state index is 5.60. The number of H-pyrrole nitrogens is 1. The van der Waals surface area contributed by atoms with Crippen molar-refractivity contribution in [1.29, 1.82) is 0 Å². The van der Waals surface area contributed by atoms with Gasteiger partial charge in [0, 0.05) is 24.5 Å². The molecule has 0 saturated carbocycles. The average Bonchev–Trinajstić information content (AvgIpc) is 3.05. The Balaban J connectivity index is 1.73. The summed E-state index contributed by atoms with van der Waals surface area (Å²) in [5, 5.41) is 8.45. The van der Waals surface area contributed by atoms with Gasteiger partial charge >= 0.3 is 0 Å². The number of morpholine rings is 1. The van der Waals surface area contributed by atoms with Crippen molar-refractivity contribution in [1.82, 2.24) is 20.2 Å². The molecule has 1 aromatic carbocycles. The smallest absolute Gasteiger partial charge is 0.132 e. The summed E-state index contributed by atoms with van der Waals surface area (Å²) < 4.78 is 10.9. The van der Waals surface area contributed by atoms with Crippen molar-refractivity contribution in [2.45, 2.75) is 13.0 Å². The lowest BCUT2D eigenvalue weighted by molar-refractivity contribution is 0.0529. The van der Waals surface area contributed by atoms with Crippen LogP contribution in [0.15, 0.2) is 30.6 Å². The summed E-state index contributed by atoms with van der Waals surface area (Å²) in [6.07, 6.45) is 1.79. The highest BCUT2D eigenvalue weighted by Gasteiger charge is 2.19. The molecule has 3 aromatic rings. The number of nitrogens with zero attached hydrogens (tertiary/aromatic N) is 4. The van der Waals surface area contributed by atoms with Gasteiger partial charge in [-0.15, -0.1) is 0 Å². The number of ether oxygens (including phenoxy) is 2. The molecule has 1 atom stereocenters. The second-order valence-electron chi connectivity index (χ2n) is 5.87. The molecule has 2 aromatic heterocycles. The first-order chi connectivity index (χ1) is 11.7. The van der Waals surface area contributed by atoms with Crippen molar-refractivity contribution in [3.63, 3.8) is 0 Å². The highest BCUT2D eigenvalue weighted by atomic mass is 16.5. The van der Waals surface area contributed by atoms with Gasteiger partial charge in [0.05, 0.1) is 31.0 Å². The van der Waals surface area contributed by atoms with Crippen molar-refractivity contribution in [3.8, 4) is 17.1 Å². The maximum Gasteiger partial charge on any atom is 0.132 e. The summed E-state index contributed by atoms with van der Waals surface area (Å²) in [5.74, 6) is 1.69. The van der Waals surface area contributed by atoms with Gasteiger partial charge in [0.1, 0.15) is 23.6 Å². The number of aromatic amines is 1. The van der Waals surface area contributed by atoms with Crippen molar-refractivity contribution < 1.29 is 9.47 Å². The molecule has 24 heavy (non-hydrogen) atoms. The predicted molar refractivity (Wildman–Crippen MR) is 91.3 cm³/mol. The van der Waals surface area contributed by atoms with Crippen LogP contribution in [0.3, 0.4) is 0 Å². The minimum absolute atomic E-state index is 0.202. The zero-order chi connectivity index (χ0) is 16.5. The first-order valence-electron chi connectivity index (χ1n) is 7.95. The highest BCUT2D eigenvalue weighted by Crippen LogP contribution is 2.29. The lowest BCUT2D eigenvalue weighted by Gasteiger charge is -2.31. The van der Waals surface area contributed by atoms with Crippen LogP contribution in [0, 0.1) is 0 Å². The van der Waals surface area contributed by atoms with Gasteiger partial charge in [-0.05, 0) is 25.1 Å². The highest BCUT2D eigenvalue weighted by molar-refractivity contribution is 5.93. The minimum atomic E-state index is 0.202. The van der Waals surface area contributed by atoms with Crippen LogP contribution in [0.5, 0.6) is 5.75 Å². The summed E-state index contributed by atoms with van der Waals surface area (Å²) in [5.41, 5.74) is 2.54. The van der Waals surface area contributed by atoms with Gasteiger partial charge in [0.2, 0.25) is 0 Å². The van der Waals surface area contributed by atoms with Crippen LogP contribution in [0.4, 0.5) is 5.82 Å². The SMILES string of the molecule is COc1ccc2[nH]nc(-c3cc(N4CCO[C@@H](C)C4)ncn3)c2c1. The fraction of sp³-hybridized carbons (Fsp3) is 0.353. The van der Waals surface area contributed by atoms with Gasteiger partial charge in [-0.2, -0.15) is 5.10 Å². The molecular weight excluding hydrogens is 306 g/mol. The summed E-state index contributed by atoms with van der Waals surface area (Å²) >= 11 is 0. The number of hydrogen-bond acceptors (Lipinski definition) is 6. The fourth-order valence-electron chi connectivity index (χ4n) is 2.99. The van der Waals surface area contributed by atoms with Crippen molar-refractivity contribution in [2.24, 2.45) is 0 Å². The Morgan fingerprint density at radius 1 is 1.29 bits per heavy atom. The molecular formula is C17H19N5O2. The van der Waals surface area contributed by atoms with Gasteiger partial charge in [0.15, 0.2) is 0 Å². The molecule has 0 radical (unpaired) electrons.